The number of hydrogen-bond acceptors (Lipinski definition) is 10. The average Bonchev–Trinajstić information content (AvgIpc) is 3.40. The number of halogens is 1. The molecule has 0 spiro atoms. The number of rotatable bonds is 14. The van der Waals surface area contributed by atoms with E-state index in [4.69, 9.17) is 34.6 Å². The first-order chi connectivity index (χ1) is 24.7. The molecule has 13 heteroatoms. The van der Waals surface area contributed by atoms with E-state index in [1.54, 1.807) is 39.8 Å². The smallest absolute Gasteiger partial charge is 0.337 e. The molecule has 280 valence electrons. The van der Waals surface area contributed by atoms with Crippen LogP contribution >= 0.6 is 0 Å². The van der Waals surface area contributed by atoms with Gasteiger partial charge in [0.15, 0.2) is 0 Å². The molecule has 12 nitrogen and oxygen atoms in total. The maximum absolute atomic E-state index is 15.1. The molecule has 3 aliphatic rings. The number of nitrogens with zero attached hydrogens (tertiary/aromatic N) is 4. The summed E-state index contributed by atoms with van der Waals surface area (Å²) in [5, 5.41) is 2.82. The number of nitrogens with one attached hydrogen (secondary N) is 1. The van der Waals surface area contributed by atoms with Crippen molar-refractivity contribution in [3.63, 3.8) is 0 Å². The normalized spacial score (nSPS) is 19.0. The molecular formula is C39H51FN6O6. The fraction of sp³-hybridized carbons (Fsp3) is 0.538. The van der Waals surface area contributed by atoms with E-state index in [9.17, 15) is 9.59 Å². The molecular weight excluding hydrogens is 667 g/mol. The SMILES string of the molecule is COC(=O)c1ccc2nc(CN3CCC(c4cccc(OCC5=C(F)C=C(NC(=O)CC(C)(C)OC(C)(C)N)CC5)n4)CC3)n(CC3CCO3)c2c1. The highest BCUT2D eigenvalue weighted by Crippen LogP contribution is 2.31. The number of amides is 1. The summed E-state index contributed by atoms with van der Waals surface area (Å²) in [6.07, 6.45) is 5.40. The number of esters is 1. The van der Waals surface area contributed by atoms with Crippen molar-refractivity contribution in [2.45, 2.75) is 103 Å². The van der Waals surface area contributed by atoms with Gasteiger partial charge in [0.1, 0.15) is 24.0 Å². The lowest BCUT2D eigenvalue weighted by atomic mass is 9.93. The van der Waals surface area contributed by atoms with Crippen LogP contribution in [-0.2, 0) is 32.1 Å². The number of pyridine rings is 1. The number of carbonyl (C=O) groups is 2. The maximum Gasteiger partial charge on any atom is 0.337 e. The number of piperidine rings is 1. The fourth-order valence-corrected chi connectivity index (χ4v) is 7.19. The van der Waals surface area contributed by atoms with Crippen LogP contribution in [0.15, 0.2) is 59.6 Å². The molecule has 0 bridgehead atoms. The Morgan fingerprint density at radius 2 is 1.85 bits per heavy atom. The van der Waals surface area contributed by atoms with Crippen molar-refractivity contribution < 1.29 is 32.9 Å². The van der Waals surface area contributed by atoms with Crippen LogP contribution in [0.25, 0.3) is 11.0 Å². The largest absolute Gasteiger partial charge is 0.473 e. The first-order valence-corrected chi connectivity index (χ1v) is 18.1. The van der Waals surface area contributed by atoms with Crippen LogP contribution in [0, 0.1) is 0 Å². The molecule has 2 aromatic heterocycles. The predicted octanol–water partition coefficient (Wildman–Crippen LogP) is 5.66. The molecule has 1 aliphatic carbocycles. The van der Waals surface area contributed by atoms with Gasteiger partial charge < -0.3 is 34.6 Å². The molecule has 6 rings (SSSR count). The monoisotopic (exact) mass is 718 g/mol. The molecule has 2 fully saturated rings. The fourth-order valence-electron chi connectivity index (χ4n) is 7.19. The van der Waals surface area contributed by atoms with Crippen LogP contribution < -0.4 is 15.8 Å². The minimum atomic E-state index is -0.877. The Balaban J connectivity index is 1.02. The lowest BCUT2D eigenvalue weighted by Gasteiger charge is -2.33. The number of benzene rings is 1. The number of likely N-dealkylation sites (tertiary alicyclic amines) is 1. The number of aromatic nitrogens is 3. The molecule has 1 amide bonds. The van der Waals surface area contributed by atoms with Crippen molar-refractivity contribution in [1.82, 2.24) is 24.8 Å². The molecule has 2 saturated heterocycles. The van der Waals surface area contributed by atoms with Crippen LogP contribution in [0.1, 0.15) is 94.0 Å². The summed E-state index contributed by atoms with van der Waals surface area (Å²) in [5.74, 6) is 0.670. The number of imidazole rings is 1. The summed E-state index contributed by atoms with van der Waals surface area (Å²) < 4.78 is 39.7. The molecule has 2 aliphatic heterocycles. The highest BCUT2D eigenvalue weighted by atomic mass is 19.1. The molecule has 3 N–H and O–H groups in total. The van der Waals surface area contributed by atoms with Crippen LogP contribution in [-0.4, -0.2) is 82.2 Å². The van der Waals surface area contributed by atoms with Crippen molar-refractivity contribution in [3.05, 3.63) is 76.7 Å². The number of allylic oxidation sites excluding steroid dienone is 3. The zero-order chi connectivity index (χ0) is 37.0. The van der Waals surface area contributed by atoms with Crippen molar-refractivity contribution in [2.75, 3.05) is 33.4 Å². The van der Waals surface area contributed by atoms with Crippen molar-refractivity contribution in [1.29, 1.82) is 0 Å². The highest BCUT2D eigenvalue weighted by Gasteiger charge is 2.30. The van der Waals surface area contributed by atoms with Gasteiger partial charge in [-0.3, -0.25) is 9.69 Å². The topological polar surface area (TPSA) is 143 Å². The van der Waals surface area contributed by atoms with Gasteiger partial charge in [0, 0.05) is 35.6 Å². The quantitative estimate of drug-likeness (QED) is 0.158. The van der Waals surface area contributed by atoms with E-state index in [1.807, 2.05) is 24.3 Å². The van der Waals surface area contributed by atoms with Crippen molar-refractivity contribution in [3.8, 4) is 5.88 Å². The van der Waals surface area contributed by atoms with Gasteiger partial charge in [0.2, 0.25) is 11.8 Å². The standard InChI is InChI=1S/C39H51FN6O6/c1-38(2,52-39(3,4)41)21-35(47)42-28-11-9-27(30(40)20-28)24-51-36-8-6-7-31(44-36)25-13-16-45(17-14-25)23-34-43-32-12-10-26(37(48)49-5)19-33(32)46(34)22-29-15-18-50-29/h6-8,10,12,19-20,25,29H,9,11,13-18,21-24,41H2,1-5H3,(H,42,47). The Kier molecular flexibility index (Phi) is 11.4. The van der Waals surface area contributed by atoms with E-state index in [2.05, 4.69) is 14.8 Å². The average molecular weight is 719 g/mol. The molecule has 0 radical (unpaired) electrons. The lowest BCUT2D eigenvalue weighted by Crippen LogP contribution is -2.45. The molecule has 3 aromatic rings. The Hall–Kier alpha value is -4.17. The second-order valence-electron chi connectivity index (χ2n) is 15.2. The van der Waals surface area contributed by atoms with Crippen molar-refractivity contribution >= 4 is 22.9 Å². The Bertz CT molecular complexity index is 1830. The Morgan fingerprint density at radius 3 is 2.52 bits per heavy atom. The van der Waals surface area contributed by atoms with Gasteiger partial charge in [-0.05, 0) is 103 Å². The second kappa shape index (κ2) is 15.8. The first-order valence-electron chi connectivity index (χ1n) is 18.1. The van der Waals surface area contributed by atoms with E-state index in [0.29, 0.717) is 48.6 Å². The summed E-state index contributed by atoms with van der Waals surface area (Å²) >= 11 is 0. The highest BCUT2D eigenvalue weighted by molar-refractivity contribution is 5.93. The second-order valence-corrected chi connectivity index (χ2v) is 15.2. The zero-order valence-electron chi connectivity index (χ0n) is 30.9. The molecule has 0 saturated carbocycles. The van der Waals surface area contributed by atoms with Gasteiger partial charge >= 0.3 is 5.97 Å². The molecule has 1 aromatic carbocycles. The third-order valence-corrected chi connectivity index (χ3v) is 9.70. The molecule has 1 atom stereocenters. The van der Waals surface area contributed by atoms with Gasteiger partial charge in [-0.25, -0.2) is 19.2 Å². The maximum atomic E-state index is 15.1. The third kappa shape index (κ3) is 9.62. The van der Waals surface area contributed by atoms with Crippen LogP contribution in [0.2, 0.25) is 0 Å². The summed E-state index contributed by atoms with van der Waals surface area (Å²) in [6, 6.07) is 11.3. The number of nitrogens with two attached hydrogens (primary N) is 1. The van der Waals surface area contributed by atoms with Crippen LogP contribution in [0.5, 0.6) is 5.88 Å². The number of fused-ring (bicyclic) bond motifs is 1. The Labute approximate surface area is 304 Å². The van der Waals surface area contributed by atoms with E-state index >= 15 is 4.39 Å². The van der Waals surface area contributed by atoms with Crippen LogP contribution in [0.4, 0.5) is 4.39 Å². The van der Waals surface area contributed by atoms with Gasteiger partial charge in [0.05, 0.1) is 54.9 Å². The zero-order valence-corrected chi connectivity index (χ0v) is 30.9. The van der Waals surface area contributed by atoms with E-state index in [0.717, 1.165) is 61.5 Å². The summed E-state index contributed by atoms with van der Waals surface area (Å²) in [6.45, 7) is 11.1. The van der Waals surface area contributed by atoms with Gasteiger partial charge in [0.25, 0.3) is 0 Å². The molecule has 1 unspecified atom stereocenters. The van der Waals surface area contributed by atoms with E-state index in [-0.39, 0.29) is 36.9 Å². The van der Waals surface area contributed by atoms with Crippen LogP contribution in [0.3, 0.4) is 0 Å². The predicted molar refractivity (Wildman–Crippen MR) is 194 cm³/mol. The summed E-state index contributed by atoms with van der Waals surface area (Å²) in [5.41, 5.74) is 8.59. The minimum Gasteiger partial charge on any atom is -0.473 e. The number of ether oxygens (including phenoxy) is 4. The minimum absolute atomic E-state index is 0.0823. The third-order valence-electron chi connectivity index (χ3n) is 9.70. The molecule has 4 heterocycles. The summed E-state index contributed by atoms with van der Waals surface area (Å²) in [4.78, 5) is 37.1. The Morgan fingerprint density at radius 1 is 1.08 bits per heavy atom. The molecule has 52 heavy (non-hydrogen) atoms. The lowest BCUT2D eigenvalue weighted by molar-refractivity contribution is -0.142. The van der Waals surface area contributed by atoms with Gasteiger partial charge in [-0.15, -0.1) is 0 Å². The van der Waals surface area contributed by atoms with Gasteiger partial charge in [-0.1, -0.05) is 6.07 Å². The number of carbonyl (C=O) groups excluding carboxylic acids is 2. The van der Waals surface area contributed by atoms with E-state index in [1.165, 1.54) is 13.2 Å². The number of methoxy groups -OCH3 is 1. The first kappa shape index (κ1) is 37.6. The van der Waals surface area contributed by atoms with E-state index < -0.39 is 17.2 Å². The number of hydrogen-bond donors (Lipinski definition) is 2. The van der Waals surface area contributed by atoms with Crippen molar-refractivity contribution in [2.24, 2.45) is 5.73 Å². The van der Waals surface area contributed by atoms with Gasteiger partial charge in [-0.2, -0.15) is 0 Å². The summed E-state index contributed by atoms with van der Waals surface area (Å²) in [7, 11) is 1.39.